The van der Waals surface area contributed by atoms with Crippen LogP contribution in [0.15, 0.2) is 24.3 Å². The molecule has 1 saturated heterocycles. The molecule has 2 rings (SSSR count). The first-order valence-electron chi connectivity index (χ1n) is 5.19. The lowest BCUT2D eigenvalue weighted by Gasteiger charge is -1.98. The van der Waals surface area contributed by atoms with Gasteiger partial charge in [-0.25, -0.2) is 0 Å². The molecule has 80 valence electrons. The highest BCUT2D eigenvalue weighted by Crippen LogP contribution is 2.54. The topological polar surface area (TPSA) is 46.2 Å². The molecule has 0 aromatic rings. The van der Waals surface area contributed by atoms with Crippen LogP contribution in [0.4, 0.5) is 0 Å². The first-order valence-corrected chi connectivity index (χ1v) is 6.07. The minimum absolute atomic E-state index is 0.354. The van der Waals surface area contributed by atoms with E-state index >= 15 is 0 Å². The Hall–Kier alpha value is -0.250. The zero-order valence-electron chi connectivity index (χ0n) is 8.65. The maximum Gasteiger partial charge on any atom is 0.145 e. The molecule has 0 bridgehead atoms. The van der Waals surface area contributed by atoms with E-state index in [1.165, 1.54) is 19.3 Å². The lowest BCUT2D eigenvalue weighted by atomic mass is 10.1. The molecule has 0 radical (unpaired) electrons. The summed E-state index contributed by atoms with van der Waals surface area (Å²) in [4.78, 5) is -0.505. The van der Waals surface area contributed by atoms with Gasteiger partial charge >= 0.3 is 0 Å². The molecule has 1 aliphatic heterocycles. The van der Waals surface area contributed by atoms with Crippen LogP contribution < -0.4 is 5.73 Å². The Bertz CT molecular complexity index is 223. The fourth-order valence-corrected chi connectivity index (χ4v) is 2.06. The first kappa shape index (κ1) is 11.8. The molecule has 14 heavy (non-hydrogen) atoms. The van der Waals surface area contributed by atoms with Gasteiger partial charge in [0.2, 0.25) is 0 Å². The predicted octanol–water partition coefficient (Wildman–Crippen LogP) is 2.05. The molecule has 0 spiro atoms. The normalized spacial score (nSPS) is 31.8. The molecular formula is C11H19NOS. The predicted molar refractivity (Wildman–Crippen MR) is 63.2 cm³/mol. The van der Waals surface area contributed by atoms with Crippen LogP contribution in [0.3, 0.4) is 0 Å². The van der Waals surface area contributed by atoms with Gasteiger partial charge in [-0.3, -0.25) is 0 Å². The van der Waals surface area contributed by atoms with Crippen molar-refractivity contribution in [2.24, 2.45) is 5.73 Å². The summed E-state index contributed by atoms with van der Waals surface area (Å²) in [5.41, 5.74) is 5.21. The Morgan fingerprint density at radius 1 is 1.43 bits per heavy atom. The summed E-state index contributed by atoms with van der Waals surface area (Å²) in [6.07, 6.45) is 11.5. The molecule has 2 atom stereocenters. The van der Waals surface area contributed by atoms with Crippen LogP contribution in [0.2, 0.25) is 0 Å². The van der Waals surface area contributed by atoms with E-state index in [-0.39, 0.29) is 0 Å². The van der Waals surface area contributed by atoms with E-state index in [0.717, 1.165) is 6.54 Å². The van der Waals surface area contributed by atoms with Crippen LogP contribution >= 0.6 is 11.8 Å². The molecule has 0 amide bonds. The molecule has 3 heteroatoms. The van der Waals surface area contributed by atoms with E-state index < -0.39 is 4.93 Å². The van der Waals surface area contributed by atoms with Crippen molar-refractivity contribution in [3.63, 3.8) is 0 Å². The largest absolute Gasteiger partial charge is 0.374 e. The number of aliphatic hydroxyl groups is 1. The fraction of sp³-hybridized carbons (Fsp3) is 0.636. The summed E-state index contributed by atoms with van der Waals surface area (Å²) < 4.78 is 0. The summed E-state index contributed by atoms with van der Waals surface area (Å²) >= 11 is 1.58. The summed E-state index contributed by atoms with van der Waals surface area (Å²) in [6.45, 7) is 3.03. The van der Waals surface area contributed by atoms with Crippen molar-refractivity contribution in [3.05, 3.63) is 24.3 Å². The van der Waals surface area contributed by atoms with Crippen molar-refractivity contribution in [3.8, 4) is 0 Å². The highest BCUT2D eigenvalue weighted by molar-refractivity contribution is 8.08. The zero-order valence-corrected chi connectivity index (χ0v) is 9.46. The van der Waals surface area contributed by atoms with Crippen LogP contribution in [0.25, 0.3) is 0 Å². The third-order valence-corrected chi connectivity index (χ3v) is 3.49. The van der Waals surface area contributed by atoms with Crippen LogP contribution in [-0.2, 0) is 0 Å². The van der Waals surface area contributed by atoms with Crippen LogP contribution in [0.5, 0.6) is 0 Å². The van der Waals surface area contributed by atoms with Gasteiger partial charge < -0.3 is 10.8 Å². The Morgan fingerprint density at radius 2 is 2.21 bits per heavy atom. The molecule has 2 unspecified atom stereocenters. The van der Waals surface area contributed by atoms with Gasteiger partial charge in [-0.1, -0.05) is 38.0 Å². The van der Waals surface area contributed by atoms with Gasteiger partial charge in [0, 0.05) is 0 Å². The van der Waals surface area contributed by atoms with Crippen LogP contribution in [-0.4, -0.2) is 21.8 Å². The van der Waals surface area contributed by atoms with Gasteiger partial charge in [0.25, 0.3) is 0 Å². The Balaban J connectivity index is 0.000000149. The van der Waals surface area contributed by atoms with E-state index in [1.54, 1.807) is 11.8 Å². The van der Waals surface area contributed by atoms with Gasteiger partial charge in [-0.15, -0.1) is 11.8 Å². The van der Waals surface area contributed by atoms with E-state index in [9.17, 15) is 5.11 Å². The van der Waals surface area contributed by atoms with Gasteiger partial charge in [0.1, 0.15) is 4.93 Å². The first-order chi connectivity index (χ1) is 6.73. The van der Waals surface area contributed by atoms with Crippen molar-refractivity contribution in [2.75, 3.05) is 6.54 Å². The molecule has 3 N–H and O–H groups in total. The second kappa shape index (κ2) is 5.59. The Morgan fingerprint density at radius 3 is 2.57 bits per heavy atom. The van der Waals surface area contributed by atoms with Crippen LogP contribution in [0.1, 0.15) is 26.2 Å². The lowest BCUT2D eigenvalue weighted by molar-refractivity contribution is 0.228. The number of hydrogen-bond acceptors (Lipinski definition) is 3. The van der Waals surface area contributed by atoms with Gasteiger partial charge in [0.05, 0.1) is 5.25 Å². The Kier molecular flexibility index (Phi) is 4.72. The second-order valence-corrected chi connectivity index (χ2v) is 4.93. The number of rotatable bonds is 3. The minimum Gasteiger partial charge on any atom is -0.374 e. The minimum atomic E-state index is -0.505. The van der Waals surface area contributed by atoms with Gasteiger partial charge in [-0.2, -0.15) is 0 Å². The number of allylic oxidation sites excluding steroid dienone is 2. The molecular weight excluding hydrogens is 194 g/mol. The van der Waals surface area contributed by atoms with Crippen molar-refractivity contribution in [1.82, 2.24) is 0 Å². The van der Waals surface area contributed by atoms with E-state index in [4.69, 9.17) is 5.73 Å². The highest BCUT2D eigenvalue weighted by Gasteiger charge is 2.51. The molecule has 0 saturated carbocycles. The lowest BCUT2D eigenvalue weighted by Crippen LogP contribution is -2.08. The third-order valence-electron chi connectivity index (χ3n) is 2.21. The van der Waals surface area contributed by atoms with Crippen LogP contribution in [0, 0.1) is 0 Å². The molecule has 2 aliphatic rings. The number of fused-ring (bicyclic) bond motifs is 1. The number of unbranched alkanes of at least 4 members (excludes halogenated alkanes) is 2. The molecule has 1 heterocycles. The maximum atomic E-state index is 9.27. The average Bonchev–Trinajstić information content (AvgIpc) is 2.87. The van der Waals surface area contributed by atoms with Crippen molar-refractivity contribution in [2.45, 2.75) is 36.4 Å². The molecule has 0 aromatic carbocycles. The summed E-state index contributed by atoms with van der Waals surface area (Å²) in [7, 11) is 0. The third kappa shape index (κ3) is 3.48. The van der Waals surface area contributed by atoms with E-state index in [2.05, 4.69) is 6.92 Å². The summed E-state index contributed by atoms with van der Waals surface area (Å²) in [5.74, 6) is 0. The summed E-state index contributed by atoms with van der Waals surface area (Å²) in [5, 5.41) is 9.63. The van der Waals surface area contributed by atoms with E-state index in [0.29, 0.717) is 5.25 Å². The number of thioether (sulfide) groups is 1. The van der Waals surface area contributed by atoms with Crippen molar-refractivity contribution < 1.29 is 5.11 Å². The van der Waals surface area contributed by atoms with Crippen molar-refractivity contribution >= 4 is 11.8 Å². The maximum absolute atomic E-state index is 9.27. The SMILES string of the molecule is CCCCCN.OC12C=CC=CC1S2. The molecule has 0 aromatic heterocycles. The van der Waals surface area contributed by atoms with E-state index in [1.807, 2.05) is 24.3 Å². The molecule has 1 aliphatic carbocycles. The standard InChI is InChI=1S/C6H6OS.C5H13N/c7-6-4-2-1-3-5(6)8-6;1-2-3-4-5-6/h1-5,7H;2-6H2,1H3. The number of nitrogens with two attached hydrogens (primary N) is 1. The monoisotopic (exact) mass is 213 g/mol. The van der Waals surface area contributed by atoms with Crippen molar-refractivity contribution in [1.29, 1.82) is 0 Å². The van der Waals surface area contributed by atoms with Gasteiger partial charge in [-0.05, 0) is 19.0 Å². The zero-order chi connectivity index (χ0) is 10.4. The Labute approximate surface area is 90.3 Å². The fourth-order valence-electron chi connectivity index (χ4n) is 1.23. The number of hydrogen-bond donors (Lipinski definition) is 2. The highest BCUT2D eigenvalue weighted by atomic mass is 32.2. The second-order valence-electron chi connectivity index (χ2n) is 3.53. The smallest absolute Gasteiger partial charge is 0.145 e. The molecule has 2 nitrogen and oxygen atoms in total. The average molecular weight is 213 g/mol. The quantitative estimate of drug-likeness (QED) is 0.557. The molecule has 1 fully saturated rings. The summed E-state index contributed by atoms with van der Waals surface area (Å²) in [6, 6.07) is 0. The van der Waals surface area contributed by atoms with Gasteiger partial charge in [0.15, 0.2) is 0 Å².